The van der Waals surface area contributed by atoms with Gasteiger partial charge in [0.15, 0.2) is 6.29 Å². The van der Waals surface area contributed by atoms with Crippen molar-refractivity contribution in [1.82, 2.24) is 10.6 Å². The van der Waals surface area contributed by atoms with Gasteiger partial charge in [-0.05, 0) is 6.42 Å². The quantitative estimate of drug-likeness (QED) is 0.581. The van der Waals surface area contributed by atoms with Crippen LogP contribution in [0.5, 0.6) is 0 Å². The van der Waals surface area contributed by atoms with Crippen LogP contribution in [-0.4, -0.2) is 58.8 Å². The Morgan fingerprint density at radius 2 is 2.12 bits per heavy atom. The molecule has 0 radical (unpaired) electrons. The Kier molecular flexibility index (Phi) is 5.68. The molecule has 0 bridgehead atoms. The lowest BCUT2D eigenvalue weighted by molar-refractivity contribution is -0.129. The van der Waals surface area contributed by atoms with Gasteiger partial charge in [-0.3, -0.25) is 4.79 Å². The van der Waals surface area contributed by atoms with Gasteiger partial charge in [0.1, 0.15) is 0 Å². The van der Waals surface area contributed by atoms with E-state index in [0.29, 0.717) is 19.5 Å². The molecule has 0 aromatic heterocycles. The summed E-state index contributed by atoms with van der Waals surface area (Å²) < 4.78 is 15.1. The van der Waals surface area contributed by atoms with E-state index >= 15 is 0 Å². The average Bonchev–Trinajstić information content (AvgIpc) is 2.78. The zero-order valence-corrected chi connectivity index (χ0v) is 9.99. The first-order valence-electron chi connectivity index (χ1n) is 5.30. The fourth-order valence-corrected chi connectivity index (χ4v) is 1.65. The van der Waals surface area contributed by atoms with E-state index in [1.54, 1.807) is 7.11 Å². The van der Waals surface area contributed by atoms with E-state index in [4.69, 9.17) is 14.2 Å². The summed E-state index contributed by atoms with van der Waals surface area (Å²) in [5.74, 6) is -0.0429. The molecule has 1 heterocycles. The van der Waals surface area contributed by atoms with Crippen LogP contribution >= 0.6 is 0 Å². The van der Waals surface area contributed by atoms with E-state index in [1.807, 2.05) is 0 Å². The molecule has 0 aromatic rings. The van der Waals surface area contributed by atoms with Crippen molar-refractivity contribution in [3.05, 3.63) is 0 Å². The highest BCUT2D eigenvalue weighted by molar-refractivity contribution is 5.82. The number of methoxy groups -OCH3 is 3. The van der Waals surface area contributed by atoms with E-state index in [9.17, 15) is 4.79 Å². The third kappa shape index (κ3) is 3.71. The summed E-state index contributed by atoms with van der Waals surface area (Å²) in [7, 11) is 4.72. The second-order valence-electron chi connectivity index (χ2n) is 3.70. The zero-order valence-electron chi connectivity index (χ0n) is 9.99. The molecule has 16 heavy (non-hydrogen) atoms. The normalized spacial score (nSPS) is 25.0. The largest absolute Gasteiger partial charge is 0.380 e. The highest BCUT2D eigenvalue weighted by Gasteiger charge is 2.29. The maximum Gasteiger partial charge on any atom is 0.237 e. The lowest BCUT2D eigenvalue weighted by atomic mass is 10.2. The summed E-state index contributed by atoms with van der Waals surface area (Å²) in [5.41, 5.74) is 0. The monoisotopic (exact) mass is 232 g/mol. The van der Waals surface area contributed by atoms with Crippen LogP contribution in [0.15, 0.2) is 0 Å². The van der Waals surface area contributed by atoms with Crippen LogP contribution in [0.1, 0.15) is 6.42 Å². The molecule has 1 fully saturated rings. The fourth-order valence-electron chi connectivity index (χ4n) is 1.65. The molecular formula is C10H20N2O4. The Morgan fingerprint density at radius 3 is 2.62 bits per heavy atom. The predicted octanol–water partition coefficient (Wildman–Crippen LogP) is -0.902. The highest BCUT2D eigenvalue weighted by Crippen LogP contribution is 2.09. The van der Waals surface area contributed by atoms with Crippen molar-refractivity contribution in [2.24, 2.45) is 0 Å². The molecule has 0 spiro atoms. The molecule has 2 atom stereocenters. The van der Waals surface area contributed by atoms with Gasteiger partial charge in [0, 0.05) is 27.9 Å². The van der Waals surface area contributed by atoms with Crippen molar-refractivity contribution in [2.45, 2.75) is 24.9 Å². The Bertz CT molecular complexity index is 221. The zero-order chi connectivity index (χ0) is 12.0. The minimum atomic E-state index is -0.399. The number of rotatable bonds is 6. The molecule has 2 N–H and O–H groups in total. The molecule has 0 saturated carbocycles. The molecule has 1 aliphatic rings. The lowest BCUT2D eigenvalue weighted by Crippen LogP contribution is -2.43. The molecule has 1 rings (SSSR count). The van der Waals surface area contributed by atoms with Crippen LogP contribution in [0.25, 0.3) is 0 Å². The Balaban J connectivity index is 2.25. The standard InChI is InChI=1S/C10H20N2O4/c1-14-7-4-8(11-5-7)10(13)12-6-9(15-2)16-3/h7-9,11H,4-6H2,1-3H3,(H,12,13). The number of carbonyl (C=O) groups is 1. The van der Waals surface area contributed by atoms with Crippen LogP contribution in [-0.2, 0) is 19.0 Å². The molecule has 94 valence electrons. The summed E-state index contributed by atoms with van der Waals surface area (Å²) in [6.45, 7) is 1.06. The van der Waals surface area contributed by atoms with E-state index in [1.165, 1.54) is 14.2 Å². The van der Waals surface area contributed by atoms with Crippen LogP contribution in [0.4, 0.5) is 0 Å². The molecule has 0 aliphatic carbocycles. The van der Waals surface area contributed by atoms with Gasteiger partial charge in [0.2, 0.25) is 5.91 Å². The third-order valence-corrected chi connectivity index (χ3v) is 2.71. The first kappa shape index (κ1) is 13.4. The topological polar surface area (TPSA) is 68.8 Å². The molecule has 1 aliphatic heterocycles. The maximum atomic E-state index is 11.7. The van der Waals surface area contributed by atoms with Gasteiger partial charge in [-0.2, -0.15) is 0 Å². The number of nitrogens with one attached hydrogen (secondary N) is 2. The molecule has 1 amide bonds. The molecule has 6 nitrogen and oxygen atoms in total. The molecular weight excluding hydrogens is 212 g/mol. The smallest absolute Gasteiger partial charge is 0.237 e. The van der Waals surface area contributed by atoms with E-state index < -0.39 is 6.29 Å². The summed E-state index contributed by atoms with van der Waals surface area (Å²) in [6.07, 6.45) is 0.424. The van der Waals surface area contributed by atoms with Gasteiger partial charge < -0.3 is 24.8 Å². The minimum Gasteiger partial charge on any atom is -0.380 e. The summed E-state index contributed by atoms with van der Waals surface area (Å²) in [5, 5.41) is 5.86. The second-order valence-corrected chi connectivity index (χ2v) is 3.70. The van der Waals surface area contributed by atoms with Crippen molar-refractivity contribution in [3.63, 3.8) is 0 Å². The van der Waals surface area contributed by atoms with Gasteiger partial charge in [-0.25, -0.2) is 0 Å². The Morgan fingerprint density at radius 1 is 1.44 bits per heavy atom. The molecule has 6 heteroatoms. The number of amides is 1. The third-order valence-electron chi connectivity index (χ3n) is 2.71. The average molecular weight is 232 g/mol. The van der Waals surface area contributed by atoms with Gasteiger partial charge in [-0.15, -0.1) is 0 Å². The summed E-state index contributed by atoms with van der Waals surface area (Å²) >= 11 is 0. The van der Waals surface area contributed by atoms with Crippen molar-refractivity contribution in [2.75, 3.05) is 34.4 Å². The van der Waals surface area contributed by atoms with Crippen molar-refractivity contribution in [1.29, 1.82) is 0 Å². The maximum absolute atomic E-state index is 11.7. The molecule has 2 unspecified atom stereocenters. The van der Waals surface area contributed by atoms with E-state index in [2.05, 4.69) is 10.6 Å². The SMILES string of the molecule is COC1CNC(C(=O)NCC(OC)OC)C1. The van der Waals surface area contributed by atoms with Crippen LogP contribution < -0.4 is 10.6 Å². The fraction of sp³-hybridized carbons (Fsp3) is 0.900. The van der Waals surface area contributed by atoms with Crippen molar-refractivity contribution < 1.29 is 19.0 Å². The van der Waals surface area contributed by atoms with E-state index in [-0.39, 0.29) is 18.1 Å². The van der Waals surface area contributed by atoms with Crippen molar-refractivity contribution >= 4 is 5.91 Å². The first-order valence-corrected chi connectivity index (χ1v) is 5.30. The number of hydrogen-bond donors (Lipinski definition) is 2. The number of ether oxygens (including phenoxy) is 3. The van der Waals surface area contributed by atoms with Crippen LogP contribution in [0.3, 0.4) is 0 Å². The molecule has 1 saturated heterocycles. The Labute approximate surface area is 95.6 Å². The highest BCUT2D eigenvalue weighted by atomic mass is 16.7. The lowest BCUT2D eigenvalue weighted by Gasteiger charge is -2.16. The summed E-state index contributed by atoms with van der Waals surface area (Å²) in [4.78, 5) is 11.7. The van der Waals surface area contributed by atoms with Gasteiger partial charge in [0.25, 0.3) is 0 Å². The first-order chi connectivity index (χ1) is 7.71. The predicted molar refractivity (Wildman–Crippen MR) is 58.0 cm³/mol. The van der Waals surface area contributed by atoms with E-state index in [0.717, 1.165) is 0 Å². The Hall–Kier alpha value is -0.690. The number of carbonyl (C=O) groups excluding carboxylic acids is 1. The minimum absolute atomic E-state index is 0.0429. The van der Waals surface area contributed by atoms with Crippen molar-refractivity contribution in [3.8, 4) is 0 Å². The van der Waals surface area contributed by atoms with Crippen LogP contribution in [0, 0.1) is 0 Å². The second kappa shape index (κ2) is 6.80. The molecule has 0 aromatic carbocycles. The number of hydrogen-bond acceptors (Lipinski definition) is 5. The van der Waals surface area contributed by atoms with Gasteiger partial charge in [0.05, 0.1) is 18.7 Å². The summed E-state index contributed by atoms with van der Waals surface area (Å²) in [6, 6.07) is -0.181. The van der Waals surface area contributed by atoms with Gasteiger partial charge in [-0.1, -0.05) is 0 Å². The van der Waals surface area contributed by atoms with Crippen LogP contribution in [0.2, 0.25) is 0 Å². The van der Waals surface area contributed by atoms with Gasteiger partial charge >= 0.3 is 0 Å².